The van der Waals surface area contributed by atoms with Gasteiger partial charge in [0.15, 0.2) is 5.96 Å². The minimum absolute atomic E-state index is 0. The summed E-state index contributed by atoms with van der Waals surface area (Å²) >= 11 is 0. The van der Waals surface area contributed by atoms with Gasteiger partial charge in [0.1, 0.15) is 0 Å². The van der Waals surface area contributed by atoms with Crippen molar-refractivity contribution >= 4 is 29.9 Å². The summed E-state index contributed by atoms with van der Waals surface area (Å²) in [6, 6.07) is 11.7. The van der Waals surface area contributed by atoms with E-state index in [1.54, 1.807) is 0 Å². The Morgan fingerprint density at radius 2 is 2.03 bits per heavy atom. The predicted molar refractivity (Wildman–Crippen MR) is 131 cm³/mol. The highest BCUT2D eigenvalue weighted by atomic mass is 127. The van der Waals surface area contributed by atoms with Crippen molar-refractivity contribution in [3.8, 4) is 0 Å². The van der Waals surface area contributed by atoms with Crippen molar-refractivity contribution in [2.24, 2.45) is 12.0 Å². The minimum atomic E-state index is 0. The van der Waals surface area contributed by atoms with E-state index in [2.05, 4.69) is 71.0 Å². The van der Waals surface area contributed by atoms with Crippen LogP contribution in [0.25, 0.3) is 0 Å². The third-order valence-corrected chi connectivity index (χ3v) is 5.27. The van der Waals surface area contributed by atoms with Crippen LogP contribution in [0.4, 0.5) is 0 Å². The SMILES string of the molecule is CCNC(=NCCCc1cnn(C)c1)NC1CC(C)N(Cc2ccccc2)C1.I. The van der Waals surface area contributed by atoms with Crippen LogP contribution in [0.5, 0.6) is 0 Å². The van der Waals surface area contributed by atoms with Crippen LogP contribution in [0.1, 0.15) is 37.8 Å². The Balaban J connectivity index is 0.00000300. The first-order valence-corrected chi connectivity index (χ1v) is 10.4. The normalized spacial score (nSPS) is 19.8. The fourth-order valence-electron chi connectivity index (χ4n) is 3.83. The Bertz CT molecular complexity index is 745. The molecule has 0 aliphatic carbocycles. The summed E-state index contributed by atoms with van der Waals surface area (Å²) in [6.45, 7) is 8.20. The number of halogens is 1. The van der Waals surface area contributed by atoms with Gasteiger partial charge in [0, 0.05) is 51.5 Å². The van der Waals surface area contributed by atoms with Gasteiger partial charge in [-0.1, -0.05) is 30.3 Å². The predicted octanol–water partition coefficient (Wildman–Crippen LogP) is 3.19. The van der Waals surface area contributed by atoms with Gasteiger partial charge in [-0.15, -0.1) is 24.0 Å². The summed E-state index contributed by atoms with van der Waals surface area (Å²) < 4.78 is 1.85. The molecule has 0 amide bonds. The van der Waals surface area contributed by atoms with Crippen molar-refractivity contribution in [1.29, 1.82) is 0 Å². The molecular formula is C22H35IN6. The lowest BCUT2D eigenvalue weighted by molar-refractivity contribution is 0.258. The van der Waals surface area contributed by atoms with E-state index in [4.69, 9.17) is 4.99 Å². The average Bonchev–Trinajstić information content (AvgIpc) is 3.25. The van der Waals surface area contributed by atoms with E-state index in [1.165, 1.54) is 11.1 Å². The maximum atomic E-state index is 4.78. The summed E-state index contributed by atoms with van der Waals surface area (Å²) in [4.78, 5) is 7.34. The first-order valence-electron chi connectivity index (χ1n) is 10.4. The summed E-state index contributed by atoms with van der Waals surface area (Å²) in [5.74, 6) is 0.937. The van der Waals surface area contributed by atoms with Crippen molar-refractivity contribution < 1.29 is 0 Å². The number of hydrogen-bond donors (Lipinski definition) is 2. The van der Waals surface area contributed by atoms with Crippen LogP contribution in [-0.4, -0.2) is 52.4 Å². The number of aliphatic imine (C=N–C) groups is 1. The maximum Gasteiger partial charge on any atom is 0.191 e. The van der Waals surface area contributed by atoms with Gasteiger partial charge >= 0.3 is 0 Å². The van der Waals surface area contributed by atoms with Gasteiger partial charge in [-0.3, -0.25) is 14.6 Å². The van der Waals surface area contributed by atoms with E-state index in [0.29, 0.717) is 12.1 Å². The molecule has 1 aromatic heterocycles. The highest BCUT2D eigenvalue weighted by molar-refractivity contribution is 14.0. The molecule has 0 bridgehead atoms. The molecule has 6 nitrogen and oxygen atoms in total. The van der Waals surface area contributed by atoms with E-state index in [9.17, 15) is 0 Å². The molecule has 2 unspecified atom stereocenters. The summed E-state index contributed by atoms with van der Waals surface area (Å²) in [7, 11) is 1.96. The van der Waals surface area contributed by atoms with Crippen LogP contribution in [-0.2, 0) is 20.0 Å². The summed E-state index contributed by atoms with van der Waals surface area (Å²) in [6.07, 6.45) is 7.21. The highest BCUT2D eigenvalue weighted by Gasteiger charge is 2.29. The largest absolute Gasteiger partial charge is 0.357 e. The van der Waals surface area contributed by atoms with Crippen LogP contribution < -0.4 is 10.6 Å². The fourth-order valence-corrected chi connectivity index (χ4v) is 3.83. The Hall–Kier alpha value is -1.61. The molecule has 29 heavy (non-hydrogen) atoms. The number of aryl methyl sites for hydroxylation is 2. The van der Waals surface area contributed by atoms with Crippen molar-refractivity contribution in [2.45, 2.75) is 51.7 Å². The molecular weight excluding hydrogens is 475 g/mol. The van der Waals surface area contributed by atoms with Crippen molar-refractivity contribution in [3.05, 3.63) is 53.9 Å². The van der Waals surface area contributed by atoms with Crippen molar-refractivity contribution in [3.63, 3.8) is 0 Å². The third kappa shape index (κ3) is 7.62. The quantitative estimate of drug-likeness (QED) is 0.248. The van der Waals surface area contributed by atoms with Gasteiger partial charge in [-0.2, -0.15) is 5.10 Å². The second-order valence-electron chi connectivity index (χ2n) is 7.73. The second kappa shape index (κ2) is 12.2. The van der Waals surface area contributed by atoms with Gasteiger partial charge < -0.3 is 10.6 Å². The first kappa shape index (κ1) is 23.7. The Morgan fingerprint density at radius 3 is 2.72 bits per heavy atom. The number of aromatic nitrogens is 2. The van der Waals surface area contributed by atoms with Crippen molar-refractivity contribution in [2.75, 3.05) is 19.6 Å². The number of guanidine groups is 1. The zero-order valence-corrected chi connectivity index (χ0v) is 20.2. The second-order valence-corrected chi connectivity index (χ2v) is 7.73. The lowest BCUT2D eigenvalue weighted by atomic mass is 10.2. The molecule has 1 aliphatic rings. The van der Waals surface area contributed by atoms with E-state index >= 15 is 0 Å². The Kier molecular flexibility index (Phi) is 9.93. The van der Waals surface area contributed by atoms with E-state index < -0.39 is 0 Å². The fraction of sp³-hybridized carbons (Fsp3) is 0.545. The molecule has 0 spiro atoms. The van der Waals surface area contributed by atoms with Crippen LogP contribution in [0.2, 0.25) is 0 Å². The molecule has 1 aliphatic heterocycles. The van der Waals surface area contributed by atoms with E-state index in [0.717, 1.165) is 51.4 Å². The zero-order chi connectivity index (χ0) is 19.8. The summed E-state index contributed by atoms with van der Waals surface area (Å²) in [5, 5.41) is 11.3. The van der Waals surface area contributed by atoms with Gasteiger partial charge in [-0.25, -0.2) is 0 Å². The summed E-state index contributed by atoms with van der Waals surface area (Å²) in [5.41, 5.74) is 2.66. The zero-order valence-electron chi connectivity index (χ0n) is 17.8. The number of nitrogens with one attached hydrogen (secondary N) is 2. The average molecular weight is 510 g/mol. The van der Waals surface area contributed by atoms with Crippen LogP contribution in [0, 0.1) is 0 Å². The molecule has 1 saturated heterocycles. The number of benzene rings is 1. The van der Waals surface area contributed by atoms with Gasteiger partial charge in [0.25, 0.3) is 0 Å². The molecule has 2 heterocycles. The lowest BCUT2D eigenvalue weighted by Gasteiger charge is -2.21. The van der Waals surface area contributed by atoms with Crippen LogP contribution in [0.15, 0.2) is 47.7 Å². The number of nitrogens with zero attached hydrogens (tertiary/aromatic N) is 4. The minimum Gasteiger partial charge on any atom is -0.357 e. The monoisotopic (exact) mass is 510 g/mol. The lowest BCUT2D eigenvalue weighted by Crippen LogP contribution is -2.44. The molecule has 2 N–H and O–H groups in total. The Morgan fingerprint density at radius 1 is 1.24 bits per heavy atom. The number of likely N-dealkylation sites (tertiary alicyclic amines) is 1. The van der Waals surface area contributed by atoms with Gasteiger partial charge in [-0.05, 0) is 44.2 Å². The number of hydrogen-bond acceptors (Lipinski definition) is 3. The molecule has 2 aromatic rings. The molecule has 0 saturated carbocycles. The molecule has 160 valence electrons. The van der Waals surface area contributed by atoms with Crippen LogP contribution >= 0.6 is 24.0 Å². The van der Waals surface area contributed by atoms with Crippen molar-refractivity contribution in [1.82, 2.24) is 25.3 Å². The highest BCUT2D eigenvalue weighted by Crippen LogP contribution is 2.20. The van der Waals surface area contributed by atoms with Gasteiger partial charge in [0.2, 0.25) is 0 Å². The van der Waals surface area contributed by atoms with E-state index in [1.807, 2.05) is 17.9 Å². The first-order chi connectivity index (χ1) is 13.6. The molecule has 3 rings (SSSR count). The topological polar surface area (TPSA) is 57.5 Å². The molecule has 1 aromatic carbocycles. The standard InChI is InChI=1S/C22H34N6.HI/c1-4-23-22(24-12-8-11-20-14-25-27(3)15-20)26-21-13-18(2)28(17-21)16-19-9-6-5-7-10-19;/h5-7,9-10,14-15,18,21H,4,8,11-13,16-17H2,1-3H3,(H2,23,24,26);1H. The Labute approximate surface area is 192 Å². The smallest absolute Gasteiger partial charge is 0.191 e. The van der Waals surface area contributed by atoms with Gasteiger partial charge in [0.05, 0.1) is 6.20 Å². The molecule has 1 fully saturated rings. The van der Waals surface area contributed by atoms with Crippen LogP contribution in [0.3, 0.4) is 0 Å². The molecule has 7 heteroatoms. The van der Waals surface area contributed by atoms with E-state index in [-0.39, 0.29) is 24.0 Å². The molecule has 2 atom stereocenters. The number of rotatable bonds is 8. The third-order valence-electron chi connectivity index (χ3n) is 5.27. The molecule has 0 radical (unpaired) electrons. The maximum absolute atomic E-state index is 4.78.